The van der Waals surface area contributed by atoms with E-state index in [1.54, 1.807) is 0 Å². The molecule has 1 fully saturated rings. The fourth-order valence-corrected chi connectivity index (χ4v) is 2.11. The Kier molecular flexibility index (Phi) is 4.49. The number of morpholine rings is 1. The number of ether oxygens (including phenoxy) is 1. The zero-order valence-electron chi connectivity index (χ0n) is 11.4. The monoisotopic (exact) mass is 250 g/mol. The Labute approximate surface area is 109 Å². The molecular formula is C13H22N4O. The summed E-state index contributed by atoms with van der Waals surface area (Å²) in [6.45, 7) is 4.74. The molecule has 1 aromatic rings. The molecule has 1 atom stereocenters. The smallest absolute Gasteiger partial charge is 0.161 e. The number of aromatic nitrogens is 2. The van der Waals surface area contributed by atoms with Crippen LogP contribution in [0.4, 0.5) is 5.82 Å². The molecular weight excluding hydrogens is 228 g/mol. The molecule has 0 amide bonds. The van der Waals surface area contributed by atoms with Gasteiger partial charge in [0, 0.05) is 31.9 Å². The predicted molar refractivity (Wildman–Crippen MR) is 71.8 cm³/mol. The number of likely N-dealkylation sites (N-methyl/N-ethyl adjacent to an activating group) is 1. The second-order valence-corrected chi connectivity index (χ2v) is 4.72. The van der Waals surface area contributed by atoms with Gasteiger partial charge in [0.05, 0.1) is 6.61 Å². The van der Waals surface area contributed by atoms with Gasteiger partial charge in [0.1, 0.15) is 11.9 Å². The molecule has 2 heterocycles. The van der Waals surface area contributed by atoms with Gasteiger partial charge in [-0.15, -0.1) is 0 Å². The van der Waals surface area contributed by atoms with Gasteiger partial charge in [0.15, 0.2) is 5.82 Å². The van der Waals surface area contributed by atoms with E-state index in [1.807, 2.05) is 13.1 Å². The quantitative estimate of drug-likeness (QED) is 0.877. The van der Waals surface area contributed by atoms with E-state index in [2.05, 4.69) is 34.2 Å². The second-order valence-electron chi connectivity index (χ2n) is 4.72. The first-order valence-electron chi connectivity index (χ1n) is 6.58. The summed E-state index contributed by atoms with van der Waals surface area (Å²) in [5.74, 6) is 1.68. The highest BCUT2D eigenvalue weighted by Crippen LogP contribution is 2.20. The third-order valence-electron chi connectivity index (χ3n) is 3.12. The third kappa shape index (κ3) is 3.17. The number of nitrogens with one attached hydrogen (secondary N) is 1. The van der Waals surface area contributed by atoms with Crippen LogP contribution < -0.4 is 5.32 Å². The van der Waals surface area contributed by atoms with E-state index in [0.717, 1.165) is 49.9 Å². The molecule has 18 heavy (non-hydrogen) atoms. The number of hydrogen-bond donors (Lipinski definition) is 1. The SMILES string of the molecule is CCCc1cc(NC)nc(C2CN(C)CCO2)n1. The van der Waals surface area contributed by atoms with Gasteiger partial charge in [0.2, 0.25) is 0 Å². The minimum absolute atomic E-state index is 0.00680. The summed E-state index contributed by atoms with van der Waals surface area (Å²) in [7, 11) is 3.99. The average Bonchev–Trinajstić information content (AvgIpc) is 2.39. The van der Waals surface area contributed by atoms with Gasteiger partial charge in [-0.3, -0.25) is 0 Å². The van der Waals surface area contributed by atoms with Crippen molar-refractivity contribution >= 4 is 5.82 Å². The van der Waals surface area contributed by atoms with E-state index in [0.29, 0.717) is 0 Å². The van der Waals surface area contributed by atoms with Gasteiger partial charge in [-0.2, -0.15) is 0 Å². The fourth-order valence-electron chi connectivity index (χ4n) is 2.11. The lowest BCUT2D eigenvalue weighted by Gasteiger charge is -2.29. The van der Waals surface area contributed by atoms with Crippen LogP contribution in [0.2, 0.25) is 0 Å². The van der Waals surface area contributed by atoms with Crippen LogP contribution in [0.15, 0.2) is 6.07 Å². The van der Waals surface area contributed by atoms with E-state index < -0.39 is 0 Å². The molecule has 2 rings (SSSR count). The van der Waals surface area contributed by atoms with E-state index in [9.17, 15) is 0 Å². The minimum Gasteiger partial charge on any atom is -0.373 e. The molecule has 0 aromatic carbocycles. The molecule has 1 N–H and O–H groups in total. The van der Waals surface area contributed by atoms with Crippen LogP contribution in [0, 0.1) is 0 Å². The van der Waals surface area contributed by atoms with Crippen molar-refractivity contribution < 1.29 is 4.74 Å². The Bertz CT molecular complexity index is 397. The first-order valence-corrected chi connectivity index (χ1v) is 6.58. The normalized spacial score (nSPS) is 20.9. The van der Waals surface area contributed by atoms with Gasteiger partial charge < -0.3 is 15.0 Å². The van der Waals surface area contributed by atoms with Crippen molar-refractivity contribution in [3.63, 3.8) is 0 Å². The molecule has 1 aliphatic rings. The Balaban J connectivity index is 2.22. The van der Waals surface area contributed by atoms with Gasteiger partial charge in [-0.05, 0) is 13.5 Å². The molecule has 5 heteroatoms. The minimum atomic E-state index is -0.00680. The highest BCUT2D eigenvalue weighted by molar-refractivity contribution is 5.35. The van der Waals surface area contributed by atoms with Crippen molar-refractivity contribution in [1.29, 1.82) is 0 Å². The number of aryl methyl sites for hydroxylation is 1. The van der Waals surface area contributed by atoms with Crippen LogP contribution in [-0.2, 0) is 11.2 Å². The zero-order valence-corrected chi connectivity index (χ0v) is 11.4. The van der Waals surface area contributed by atoms with Crippen molar-refractivity contribution in [2.24, 2.45) is 0 Å². The van der Waals surface area contributed by atoms with Crippen molar-refractivity contribution in [1.82, 2.24) is 14.9 Å². The summed E-state index contributed by atoms with van der Waals surface area (Å²) in [6.07, 6.45) is 2.06. The molecule has 0 radical (unpaired) electrons. The van der Waals surface area contributed by atoms with Crippen LogP contribution in [0.5, 0.6) is 0 Å². The molecule has 0 saturated carbocycles. The predicted octanol–water partition coefficient (Wildman–Crippen LogP) is 1.47. The van der Waals surface area contributed by atoms with Gasteiger partial charge >= 0.3 is 0 Å². The maximum atomic E-state index is 5.77. The van der Waals surface area contributed by atoms with Crippen LogP contribution in [0.1, 0.15) is 31.0 Å². The molecule has 1 aliphatic heterocycles. The first kappa shape index (κ1) is 13.2. The number of rotatable bonds is 4. The topological polar surface area (TPSA) is 50.3 Å². The van der Waals surface area contributed by atoms with Crippen LogP contribution >= 0.6 is 0 Å². The van der Waals surface area contributed by atoms with Crippen LogP contribution in [-0.4, -0.2) is 48.7 Å². The molecule has 1 saturated heterocycles. The molecule has 1 aromatic heterocycles. The summed E-state index contributed by atoms with van der Waals surface area (Å²) >= 11 is 0. The van der Waals surface area contributed by atoms with Crippen molar-refractivity contribution in [2.75, 3.05) is 39.1 Å². The summed E-state index contributed by atoms with van der Waals surface area (Å²) in [5.41, 5.74) is 1.09. The maximum Gasteiger partial charge on any atom is 0.161 e. The molecule has 5 nitrogen and oxygen atoms in total. The third-order valence-corrected chi connectivity index (χ3v) is 3.12. The zero-order chi connectivity index (χ0) is 13.0. The van der Waals surface area contributed by atoms with Gasteiger partial charge in [-0.1, -0.05) is 13.3 Å². The largest absolute Gasteiger partial charge is 0.373 e. The molecule has 0 aliphatic carbocycles. The van der Waals surface area contributed by atoms with E-state index >= 15 is 0 Å². The van der Waals surface area contributed by atoms with Gasteiger partial charge in [0.25, 0.3) is 0 Å². The van der Waals surface area contributed by atoms with Crippen molar-refractivity contribution in [3.8, 4) is 0 Å². The lowest BCUT2D eigenvalue weighted by molar-refractivity contribution is -0.0255. The van der Waals surface area contributed by atoms with Gasteiger partial charge in [-0.25, -0.2) is 9.97 Å². The number of nitrogens with zero attached hydrogens (tertiary/aromatic N) is 3. The van der Waals surface area contributed by atoms with Crippen molar-refractivity contribution in [2.45, 2.75) is 25.9 Å². The second kappa shape index (κ2) is 6.11. The van der Waals surface area contributed by atoms with E-state index in [1.165, 1.54) is 0 Å². The first-order chi connectivity index (χ1) is 8.72. The van der Waals surface area contributed by atoms with Crippen LogP contribution in [0.3, 0.4) is 0 Å². The summed E-state index contributed by atoms with van der Waals surface area (Å²) < 4.78 is 5.77. The standard InChI is InChI=1S/C13H22N4O/c1-4-5-10-8-12(14-2)16-13(15-10)11-9-17(3)6-7-18-11/h8,11H,4-7,9H2,1-3H3,(H,14,15,16). The Hall–Kier alpha value is -1.20. The van der Waals surface area contributed by atoms with Crippen LogP contribution in [0.25, 0.3) is 0 Å². The maximum absolute atomic E-state index is 5.77. The Morgan fingerprint density at radius 2 is 2.33 bits per heavy atom. The Morgan fingerprint density at radius 1 is 1.50 bits per heavy atom. The number of anilines is 1. The van der Waals surface area contributed by atoms with Crippen molar-refractivity contribution in [3.05, 3.63) is 17.6 Å². The fraction of sp³-hybridized carbons (Fsp3) is 0.692. The summed E-state index contributed by atoms with van der Waals surface area (Å²) in [5, 5.41) is 3.10. The lowest BCUT2D eigenvalue weighted by Crippen LogP contribution is -2.36. The summed E-state index contributed by atoms with van der Waals surface area (Å²) in [4.78, 5) is 11.4. The van der Waals surface area contributed by atoms with E-state index in [-0.39, 0.29) is 6.10 Å². The van der Waals surface area contributed by atoms with E-state index in [4.69, 9.17) is 4.74 Å². The average molecular weight is 250 g/mol. The lowest BCUT2D eigenvalue weighted by atomic mass is 10.2. The highest BCUT2D eigenvalue weighted by atomic mass is 16.5. The molecule has 0 bridgehead atoms. The molecule has 100 valence electrons. The highest BCUT2D eigenvalue weighted by Gasteiger charge is 2.22. The summed E-state index contributed by atoms with van der Waals surface area (Å²) in [6, 6.07) is 2.01. The molecule has 1 unspecified atom stereocenters. The Morgan fingerprint density at radius 3 is 3.00 bits per heavy atom. The molecule has 0 spiro atoms. The number of hydrogen-bond acceptors (Lipinski definition) is 5.